The molecule has 1 atom stereocenters. The van der Waals surface area contributed by atoms with E-state index in [1.165, 1.54) is 0 Å². The third kappa shape index (κ3) is 2.52. The van der Waals surface area contributed by atoms with Crippen LogP contribution in [0.3, 0.4) is 0 Å². The molecule has 0 bridgehead atoms. The Labute approximate surface area is 120 Å². The number of aromatic nitrogens is 2. The number of rotatable bonds is 2. The van der Waals surface area contributed by atoms with Crippen molar-refractivity contribution in [2.24, 2.45) is 13.0 Å². The molecule has 1 aliphatic heterocycles. The molecule has 0 aliphatic carbocycles. The summed E-state index contributed by atoms with van der Waals surface area (Å²) in [7, 11) is 3.86. The summed E-state index contributed by atoms with van der Waals surface area (Å²) in [4.78, 5) is 17.1. The van der Waals surface area contributed by atoms with Crippen LogP contribution in [0.1, 0.15) is 29.9 Å². The minimum absolute atomic E-state index is 0.0138. The Morgan fingerprint density at radius 1 is 1.35 bits per heavy atom. The van der Waals surface area contributed by atoms with Crippen molar-refractivity contribution in [2.45, 2.75) is 26.8 Å². The zero-order valence-corrected chi connectivity index (χ0v) is 13.1. The number of nitrogens with two attached hydrogens (primary N) is 1. The van der Waals surface area contributed by atoms with Crippen molar-refractivity contribution >= 4 is 11.7 Å². The summed E-state index contributed by atoms with van der Waals surface area (Å²) in [6.07, 6.45) is 0. The summed E-state index contributed by atoms with van der Waals surface area (Å²) in [5, 5.41) is 4.25. The van der Waals surface area contributed by atoms with E-state index in [1.54, 1.807) is 11.7 Å². The number of hydrogen-bond acceptors (Lipinski definition) is 4. The average Bonchev–Trinajstić information content (AvgIpc) is 2.62. The van der Waals surface area contributed by atoms with Gasteiger partial charge in [0.1, 0.15) is 11.4 Å². The first-order chi connectivity index (χ1) is 9.32. The largest absolute Gasteiger partial charge is 0.383 e. The molecule has 0 saturated carbocycles. The van der Waals surface area contributed by atoms with E-state index in [4.69, 9.17) is 5.73 Å². The number of carbonyl (C=O) groups excluding carboxylic acids is 1. The summed E-state index contributed by atoms with van der Waals surface area (Å²) in [6, 6.07) is 0.222. The van der Waals surface area contributed by atoms with Gasteiger partial charge >= 0.3 is 0 Å². The zero-order valence-electron chi connectivity index (χ0n) is 13.1. The summed E-state index contributed by atoms with van der Waals surface area (Å²) in [5.74, 6) is 0.883. The van der Waals surface area contributed by atoms with Crippen LogP contribution in [0, 0.1) is 12.8 Å². The highest BCUT2D eigenvalue weighted by molar-refractivity contribution is 5.99. The molecule has 1 amide bonds. The molecule has 0 spiro atoms. The number of anilines is 1. The van der Waals surface area contributed by atoms with Gasteiger partial charge in [-0.2, -0.15) is 5.10 Å². The van der Waals surface area contributed by atoms with E-state index in [0.717, 1.165) is 19.6 Å². The van der Waals surface area contributed by atoms with E-state index in [2.05, 4.69) is 30.9 Å². The van der Waals surface area contributed by atoms with E-state index in [9.17, 15) is 4.79 Å². The molecule has 20 heavy (non-hydrogen) atoms. The van der Waals surface area contributed by atoms with Crippen LogP contribution in [0.25, 0.3) is 0 Å². The summed E-state index contributed by atoms with van der Waals surface area (Å²) in [5.41, 5.74) is 7.27. The van der Waals surface area contributed by atoms with Gasteiger partial charge in [-0.25, -0.2) is 0 Å². The van der Waals surface area contributed by atoms with Crippen LogP contribution in [-0.4, -0.2) is 58.2 Å². The average molecular weight is 279 g/mol. The summed E-state index contributed by atoms with van der Waals surface area (Å²) in [6.45, 7) is 8.69. The van der Waals surface area contributed by atoms with Crippen LogP contribution < -0.4 is 5.73 Å². The van der Waals surface area contributed by atoms with Crippen LogP contribution in [0.4, 0.5) is 5.82 Å². The molecular weight excluding hydrogens is 254 g/mol. The number of likely N-dealkylation sites (N-methyl/N-ethyl adjacent to an activating group) is 1. The highest BCUT2D eigenvalue weighted by Crippen LogP contribution is 2.23. The van der Waals surface area contributed by atoms with Crippen molar-refractivity contribution in [3.8, 4) is 0 Å². The Morgan fingerprint density at radius 3 is 2.50 bits per heavy atom. The summed E-state index contributed by atoms with van der Waals surface area (Å²) < 4.78 is 1.57. The molecule has 112 valence electrons. The maximum Gasteiger partial charge on any atom is 0.259 e. The molecule has 2 heterocycles. The lowest BCUT2D eigenvalue weighted by atomic mass is 9.98. The molecule has 1 unspecified atom stereocenters. The number of piperazine rings is 1. The minimum atomic E-state index is 0.0138. The Balaban J connectivity index is 2.31. The van der Waals surface area contributed by atoms with Gasteiger partial charge in [-0.3, -0.25) is 9.48 Å². The second-order valence-corrected chi connectivity index (χ2v) is 6.04. The van der Waals surface area contributed by atoms with E-state index < -0.39 is 0 Å². The molecule has 1 fully saturated rings. The summed E-state index contributed by atoms with van der Waals surface area (Å²) >= 11 is 0. The third-order valence-electron chi connectivity index (χ3n) is 4.13. The Bertz CT molecular complexity index is 508. The van der Waals surface area contributed by atoms with Crippen molar-refractivity contribution in [3.63, 3.8) is 0 Å². The molecule has 6 heteroatoms. The highest BCUT2D eigenvalue weighted by atomic mass is 16.2. The number of aryl methyl sites for hydroxylation is 2. The van der Waals surface area contributed by atoms with E-state index >= 15 is 0 Å². The molecule has 0 aromatic carbocycles. The highest BCUT2D eigenvalue weighted by Gasteiger charge is 2.34. The van der Waals surface area contributed by atoms with Gasteiger partial charge in [0.05, 0.1) is 5.69 Å². The van der Waals surface area contributed by atoms with Crippen molar-refractivity contribution in [1.82, 2.24) is 19.6 Å². The molecule has 2 rings (SSSR count). The Hall–Kier alpha value is -1.56. The van der Waals surface area contributed by atoms with E-state index in [-0.39, 0.29) is 11.9 Å². The normalized spacial score (nSPS) is 20.7. The standard InChI is InChI=1S/C14H25N5O/c1-9(2)11-8-17(4)6-7-19(11)14(20)12-10(3)16-18(5)13(12)15/h9,11H,6-8,15H2,1-5H3. The molecule has 1 aromatic rings. The van der Waals surface area contributed by atoms with Crippen LogP contribution in [0.15, 0.2) is 0 Å². The number of carbonyl (C=O) groups is 1. The van der Waals surface area contributed by atoms with Gasteiger partial charge < -0.3 is 15.5 Å². The smallest absolute Gasteiger partial charge is 0.259 e. The number of nitrogen functional groups attached to an aromatic ring is 1. The Morgan fingerprint density at radius 2 is 2.00 bits per heavy atom. The van der Waals surface area contributed by atoms with Crippen LogP contribution in [-0.2, 0) is 7.05 Å². The second kappa shape index (κ2) is 5.44. The monoisotopic (exact) mass is 279 g/mol. The molecule has 1 aliphatic rings. The maximum absolute atomic E-state index is 12.9. The second-order valence-electron chi connectivity index (χ2n) is 6.04. The van der Waals surface area contributed by atoms with Gasteiger partial charge in [-0.05, 0) is 19.9 Å². The molecule has 2 N–H and O–H groups in total. The van der Waals surface area contributed by atoms with Crippen molar-refractivity contribution in [3.05, 3.63) is 11.3 Å². The number of amides is 1. The lowest BCUT2D eigenvalue weighted by Crippen LogP contribution is -2.56. The fraction of sp³-hybridized carbons (Fsp3) is 0.714. The topological polar surface area (TPSA) is 67.4 Å². The van der Waals surface area contributed by atoms with Crippen LogP contribution in [0.2, 0.25) is 0 Å². The SMILES string of the molecule is Cc1nn(C)c(N)c1C(=O)N1CCN(C)CC1C(C)C. The van der Waals surface area contributed by atoms with E-state index in [1.807, 2.05) is 11.8 Å². The van der Waals surface area contributed by atoms with Crippen molar-refractivity contribution in [2.75, 3.05) is 32.4 Å². The minimum Gasteiger partial charge on any atom is -0.383 e. The molecule has 6 nitrogen and oxygen atoms in total. The molecule has 1 aromatic heterocycles. The third-order valence-corrected chi connectivity index (χ3v) is 4.13. The van der Waals surface area contributed by atoms with Gasteiger partial charge in [0.15, 0.2) is 0 Å². The van der Waals surface area contributed by atoms with Gasteiger partial charge in [-0.15, -0.1) is 0 Å². The Kier molecular flexibility index (Phi) is 4.04. The lowest BCUT2D eigenvalue weighted by Gasteiger charge is -2.42. The molecule has 0 radical (unpaired) electrons. The van der Waals surface area contributed by atoms with Gasteiger partial charge in [0, 0.05) is 32.7 Å². The van der Waals surface area contributed by atoms with Crippen LogP contribution >= 0.6 is 0 Å². The number of nitrogens with zero attached hydrogens (tertiary/aromatic N) is 4. The lowest BCUT2D eigenvalue weighted by molar-refractivity contribution is 0.0403. The first kappa shape index (κ1) is 14.8. The molecule has 1 saturated heterocycles. The predicted molar refractivity (Wildman–Crippen MR) is 79.5 cm³/mol. The quantitative estimate of drug-likeness (QED) is 0.866. The first-order valence-electron chi connectivity index (χ1n) is 7.11. The fourth-order valence-electron chi connectivity index (χ4n) is 2.86. The van der Waals surface area contributed by atoms with E-state index in [0.29, 0.717) is 23.0 Å². The number of hydrogen-bond donors (Lipinski definition) is 1. The van der Waals surface area contributed by atoms with Gasteiger partial charge in [0.2, 0.25) is 0 Å². The zero-order chi connectivity index (χ0) is 15.0. The van der Waals surface area contributed by atoms with Crippen molar-refractivity contribution in [1.29, 1.82) is 0 Å². The van der Waals surface area contributed by atoms with Gasteiger partial charge in [-0.1, -0.05) is 13.8 Å². The fourth-order valence-corrected chi connectivity index (χ4v) is 2.86. The van der Waals surface area contributed by atoms with Gasteiger partial charge in [0.25, 0.3) is 5.91 Å². The first-order valence-corrected chi connectivity index (χ1v) is 7.11. The van der Waals surface area contributed by atoms with Crippen molar-refractivity contribution < 1.29 is 4.79 Å². The molecular formula is C14H25N5O. The predicted octanol–water partition coefficient (Wildman–Crippen LogP) is 0.723. The van der Waals surface area contributed by atoms with Crippen LogP contribution in [0.5, 0.6) is 0 Å². The maximum atomic E-state index is 12.9.